The van der Waals surface area contributed by atoms with Crippen LogP contribution in [0, 0.1) is 0 Å². The van der Waals surface area contributed by atoms with E-state index in [1.165, 1.54) is 0 Å². The van der Waals surface area contributed by atoms with E-state index in [1.807, 2.05) is 0 Å². The molecule has 1 N–H and O–H groups in total. The maximum atomic E-state index is 14.4. The molecule has 8 nitrogen and oxygen atoms in total. The van der Waals surface area contributed by atoms with Crippen molar-refractivity contribution in [2.75, 3.05) is 24.7 Å². The van der Waals surface area contributed by atoms with Crippen LogP contribution in [0.5, 0.6) is 0 Å². The Kier molecular flexibility index (Phi) is 5.25. The number of alkyl halides is 4. The van der Waals surface area contributed by atoms with Crippen molar-refractivity contribution in [3.05, 3.63) is 17.7 Å². The fraction of sp³-hybridized carbons (Fsp3) is 0.667. The molecule has 0 radical (unpaired) electrons. The summed E-state index contributed by atoms with van der Waals surface area (Å²) in [5.41, 5.74) is -1.36. The van der Waals surface area contributed by atoms with E-state index in [0.717, 1.165) is 21.3 Å². The van der Waals surface area contributed by atoms with Gasteiger partial charge in [0.05, 0.1) is 18.5 Å². The highest BCUT2D eigenvalue weighted by atomic mass is 32.2. The number of imidazole rings is 1. The molecule has 1 aliphatic heterocycles. The summed E-state index contributed by atoms with van der Waals surface area (Å²) in [6, 6.07) is -0.761. The van der Waals surface area contributed by atoms with Crippen molar-refractivity contribution in [3.63, 3.8) is 0 Å². The highest BCUT2D eigenvalue weighted by molar-refractivity contribution is 7.88. The van der Waals surface area contributed by atoms with E-state index in [4.69, 9.17) is 0 Å². The summed E-state index contributed by atoms with van der Waals surface area (Å²) >= 11 is 0. The van der Waals surface area contributed by atoms with Crippen LogP contribution in [0.1, 0.15) is 37.7 Å². The van der Waals surface area contributed by atoms with E-state index in [2.05, 4.69) is 20.4 Å². The van der Waals surface area contributed by atoms with Gasteiger partial charge in [0.1, 0.15) is 17.5 Å². The molecule has 0 bridgehead atoms. The number of aromatic nitrogens is 4. The number of sulfonamides is 1. The van der Waals surface area contributed by atoms with Crippen LogP contribution in [0.3, 0.4) is 0 Å². The largest absolute Gasteiger partial charge is 0.435 e. The van der Waals surface area contributed by atoms with Gasteiger partial charge in [0, 0.05) is 19.0 Å². The van der Waals surface area contributed by atoms with Gasteiger partial charge in [-0.1, -0.05) is 13.8 Å². The number of fused-ring (bicyclic) bond motifs is 1. The van der Waals surface area contributed by atoms with Gasteiger partial charge >= 0.3 is 6.18 Å². The Labute approximate surface area is 159 Å². The number of nitrogens with zero attached hydrogens (tertiary/aromatic N) is 5. The Morgan fingerprint density at radius 1 is 1.32 bits per heavy atom. The summed E-state index contributed by atoms with van der Waals surface area (Å²) in [7, 11) is -3.49. The number of nitrogens with one attached hydrogen (secondary N) is 1. The van der Waals surface area contributed by atoms with Crippen molar-refractivity contribution >= 4 is 21.5 Å². The molecule has 3 heterocycles. The van der Waals surface area contributed by atoms with Gasteiger partial charge in [0.15, 0.2) is 5.69 Å². The van der Waals surface area contributed by atoms with Gasteiger partial charge in [0.25, 0.3) is 0 Å². The van der Waals surface area contributed by atoms with Crippen molar-refractivity contribution < 1.29 is 26.0 Å². The van der Waals surface area contributed by atoms with Crippen LogP contribution in [0.4, 0.5) is 23.5 Å². The maximum Gasteiger partial charge on any atom is 0.435 e. The van der Waals surface area contributed by atoms with Gasteiger partial charge < -0.3 is 5.32 Å². The fourth-order valence-electron chi connectivity index (χ4n) is 3.06. The van der Waals surface area contributed by atoms with E-state index in [0.29, 0.717) is 0 Å². The second kappa shape index (κ2) is 7.10. The summed E-state index contributed by atoms with van der Waals surface area (Å²) in [6.45, 7) is 3.18. The van der Waals surface area contributed by atoms with Gasteiger partial charge in [-0.2, -0.15) is 17.5 Å². The van der Waals surface area contributed by atoms with E-state index in [9.17, 15) is 26.0 Å². The highest BCUT2D eigenvalue weighted by Crippen LogP contribution is 2.33. The lowest BCUT2D eigenvalue weighted by molar-refractivity contribution is -0.139. The molecular formula is C15H20F4N6O2S. The molecule has 2 aromatic heterocycles. The SMILES string of the molecule is CC(C)c1nc(C(F)(F)F)c2cnc(NC3CCN(S(C)(=O)=O)CC3F)nn12. The molecule has 2 aromatic rings. The number of piperidine rings is 1. The highest BCUT2D eigenvalue weighted by Gasteiger charge is 2.38. The van der Waals surface area contributed by atoms with Gasteiger partial charge in [-0.05, 0) is 6.42 Å². The fourth-order valence-corrected chi connectivity index (χ4v) is 3.91. The monoisotopic (exact) mass is 424 g/mol. The first-order valence-corrected chi connectivity index (χ1v) is 10.4. The Balaban J connectivity index is 1.88. The summed E-state index contributed by atoms with van der Waals surface area (Å²) in [5, 5.41) is 6.82. The maximum absolute atomic E-state index is 14.4. The van der Waals surface area contributed by atoms with E-state index < -0.39 is 34.1 Å². The summed E-state index contributed by atoms with van der Waals surface area (Å²) in [5.74, 6) is -0.282. The predicted molar refractivity (Wildman–Crippen MR) is 93.2 cm³/mol. The number of hydrogen-bond donors (Lipinski definition) is 1. The molecule has 28 heavy (non-hydrogen) atoms. The van der Waals surface area contributed by atoms with E-state index >= 15 is 0 Å². The van der Waals surface area contributed by atoms with Crippen molar-refractivity contribution in [1.29, 1.82) is 0 Å². The van der Waals surface area contributed by atoms with E-state index in [1.54, 1.807) is 13.8 Å². The lowest BCUT2D eigenvalue weighted by Crippen LogP contribution is -2.49. The predicted octanol–water partition coefficient (Wildman–Crippen LogP) is 2.05. The Morgan fingerprint density at radius 2 is 2.00 bits per heavy atom. The number of hydrogen-bond acceptors (Lipinski definition) is 6. The van der Waals surface area contributed by atoms with Gasteiger partial charge in [-0.3, -0.25) is 0 Å². The van der Waals surface area contributed by atoms with Crippen LogP contribution in [-0.2, 0) is 16.2 Å². The smallest absolute Gasteiger partial charge is 0.347 e. The van der Waals surface area contributed by atoms with Gasteiger partial charge in [-0.25, -0.2) is 27.3 Å². The molecule has 0 aromatic carbocycles. The average molecular weight is 424 g/mol. The van der Waals surface area contributed by atoms with Crippen molar-refractivity contribution in [2.45, 2.75) is 44.6 Å². The second-order valence-electron chi connectivity index (χ2n) is 7.03. The third-order valence-corrected chi connectivity index (χ3v) is 5.76. The van der Waals surface area contributed by atoms with E-state index in [-0.39, 0.29) is 42.7 Å². The first kappa shape index (κ1) is 20.7. The zero-order valence-electron chi connectivity index (χ0n) is 15.4. The van der Waals surface area contributed by atoms with Crippen LogP contribution in [0.15, 0.2) is 6.20 Å². The third kappa shape index (κ3) is 4.04. The molecular weight excluding hydrogens is 404 g/mol. The Hall–Kier alpha value is -2.02. The molecule has 1 saturated heterocycles. The minimum atomic E-state index is -4.65. The van der Waals surface area contributed by atoms with Crippen molar-refractivity contribution in [2.24, 2.45) is 0 Å². The van der Waals surface area contributed by atoms with Crippen LogP contribution < -0.4 is 5.32 Å². The first-order chi connectivity index (χ1) is 12.9. The van der Waals surface area contributed by atoms with Crippen LogP contribution in [0.2, 0.25) is 0 Å². The third-order valence-electron chi connectivity index (χ3n) is 4.49. The Morgan fingerprint density at radius 3 is 2.54 bits per heavy atom. The molecule has 2 atom stereocenters. The molecule has 1 fully saturated rings. The number of anilines is 1. The molecule has 0 spiro atoms. The number of rotatable bonds is 4. The first-order valence-electron chi connectivity index (χ1n) is 8.56. The Bertz CT molecular complexity index is 975. The topological polar surface area (TPSA) is 92.5 Å². The molecule has 0 aliphatic carbocycles. The average Bonchev–Trinajstić information content (AvgIpc) is 2.95. The van der Waals surface area contributed by atoms with Crippen LogP contribution in [-0.4, -0.2) is 63.9 Å². The normalized spacial score (nSPS) is 22.1. The molecule has 13 heteroatoms. The summed E-state index contributed by atoms with van der Waals surface area (Å²) in [6.07, 6.45) is -3.99. The number of halogens is 4. The molecule has 156 valence electrons. The molecule has 2 unspecified atom stereocenters. The summed E-state index contributed by atoms with van der Waals surface area (Å²) < 4.78 is 79.2. The lowest BCUT2D eigenvalue weighted by atomic mass is 10.1. The van der Waals surface area contributed by atoms with Gasteiger partial charge in [-0.15, -0.1) is 5.10 Å². The quantitative estimate of drug-likeness (QED) is 0.756. The van der Waals surface area contributed by atoms with Crippen LogP contribution in [0.25, 0.3) is 5.52 Å². The molecule has 1 aliphatic rings. The molecule has 0 amide bonds. The molecule has 3 rings (SSSR count). The second-order valence-corrected chi connectivity index (χ2v) is 9.01. The van der Waals surface area contributed by atoms with Crippen LogP contribution >= 0.6 is 0 Å². The lowest BCUT2D eigenvalue weighted by Gasteiger charge is -2.33. The zero-order chi connectivity index (χ0) is 20.9. The standard InChI is InChI=1S/C15H20F4N6O2S/c1-8(2)13-22-12(15(17,18)19)11-6-20-14(23-25(11)13)21-10-4-5-24(7-9(10)16)28(3,26)27/h6,8-10H,4-5,7H2,1-3H3,(H,21,23). The van der Waals surface area contributed by atoms with Crippen molar-refractivity contribution in [1.82, 2.24) is 23.9 Å². The minimum absolute atomic E-state index is 0.0546. The van der Waals surface area contributed by atoms with Crippen molar-refractivity contribution in [3.8, 4) is 0 Å². The van der Waals surface area contributed by atoms with Gasteiger partial charge in [0.2, 0.25) is 16.0 Å². The minimum Gasteiger partial charge on any atom is -0.347 e. The molecule has 0 saturated carbocycles. The summed E-state index contributed by atoms with van der Waals surface area (Å²) in [4.78, 5) is 7.53. The zero-order valence-corrected chi connectivity index (χ0v) is 16.2.